The van der Waals surface area contributed by atoms with Crippen molar-refractivity contribution in [2.24, 2.45) is 0 Å². The Morgan fingerprint density at radius 1 is 0.759 bits per heavy atom. The van der Waals surface area contributed by atoms with E-state index in [4.69, 9.17) is 0 Å². The van der Waals surface area contributed by atoms with Gasteiger partial charge in [0.25, 0.3) is 0 Å². The number of H-pyrrole nitrogens is 1. The number of aryl methyl sites for hydroxylation is 2. The number of unbranched alkanes of at least 4 members (excludes halogenated alkanes) is 13. The van der Waals surface area contributed by atoms with Gasteiger partial charge in [-0.05, 0) is 18.9 Å². The number of nitrogens with one attached hydrogen (secondary N) is 1. The van der Waals surface area contributed by atoms with Crippen molar-refractivity contribution in [3.63, 3.8) is 0 Å². The third-order valence-electron chi connectivity index (χ3n) is 5.23. The molecule has 0 radical (unpaired) electrons. The summed E-state index contributed by atoms with van der Waals surface area (Å²) in [6, 6.07) is 4.40. The molecule has 0 atom stereocenters. The number of hydrogen-bond acceptors (Lipinski definition) is 1. The molecule has 166 valence electrons. The van der Waals surface area contributed by atoms with E-state index in [0.717, 1.165) is 0 Å². The maximum absolute atomic E-state index is 3.67. The van der Waals surface area contributed by atoms with Gasteiger partial charge in [-0.2, -0.15) is 0 Å². The fourth-order valence-corrected chi connectivity index (χ4v) is 3.39. The minimum absolute atomic E-state index is 0. The molecule has 2 aromatic rings. The first-order valence-corrected chi connectivity index (χ1v) is 11.7. The van der Waals surface area contributed by atoms with Crippen molar-refractivity contribution in [2.75, 3.05) is 0 Å². The van der Waals surface area contributed by atoms with Gasteiger partial charge in [0.1, 0.15) is 6.54 Å². The van der Waals surface area contributed by atoms with Crippen molar-refractivity contribution in [1.29, 1.82) is 0 Å². The summed E-state index contributed by atoms with van der Waals surface area (Å²) in [4.78, 5) is 6.42. The zero-order valence-corrected chi connectivity index (χ0v) is 21.1. The highest BCUT2D eigenvalue weighted by Gasteiger charge is 1.99. The molecule has 29 heavy (non-hydrogen) atoms. The number of imidazole rings is 1. The molecule has 0 aliphatic rings. The van der Waals surface area contributed by atoms with E-state index in [2.05, 4.69) is 52.9 Å². The quantitative estimate of drug-likeness (QED) is 0.216. The van der Waals surface area contributed by atoms with E-state index in [0.29, 0.717) is 0 Å². The fraction of sp³-hybridized carbons (Fsp3) is 0.680. The van der Waals surface area contributed by atoms with Crippen molar-refractivity contribution in [2.45, 2.75) is 110 Å². The minimum Gasteiger partial charge on any atom is -1.00 e. The fourth-order valence-electron chi connectivity index (χ4n) is 3.39. The van der Waals surface area contributed by atoms with E-state index in [-0.39, 0.29) is 24.0 Å². The van der Waals surface area contributed by atoms with Crippen molar-refractivity contribution in [3.8, 4) is 0 Å². The van der Waals surface area contributed by atoms with Crippen LogP contribution in [0.2, 0.25) is 0 Å². The molecule has 2 aromatic heterocycles. The zero-order valence-electron chi connectivity index (χ0n) is 18.9. The molecule has 0 aromatic carbocycles. The van der Waals surface area contributed by atoms with E-state index in [9.17, 15) is 0 Å². The lowest BCUT2D eigenvalue weighted by Crippen LogP contribution is -3.00. The van der Waals surface area contributed by atoms with Crippen molar-refractivity contribution in [1.82, 2.24) is 9.97 Å². The second kappa shape index (κ2) is 21.8. The Morgan fingerprint density at radius 2 is 1.24 bits per heavy atom. The van der Waals surface area contributed by atoms with Crippen molar-refractivity contribution in [3.05, 3.63) is 48.8 Å². The molecule has 0 aliphatic heterocycles. The monoisotopic (exact) mass is 513 g/mol. The molecule has 0 bridgehead atoms. The number of hydrogen-bond donors (Lipinski definition) is 1. The summed E-state index contributed by atoms with van der Waals surface area (Å²) in [6.45, 7) is 5.62. The lowest BCUT2D eigenvalue weighted by Gasteiger charge is -2.03. The summed E-state index contributed by atoms with van der Waals surface area (Å²) in [5.74, 6) is 0. The predicted molar refractivity (Wildman–Crippen MR) is 120 cm³/mol. The summed E-state index contributed by atoms with van der Waals surface area (Å²) in [7, 11) is 0. The molecule has 0 saturated carbocycles. The Balaban J connectivity index is 0.00000113. The molecule has 0 saturated heterocycles. The normalized spacial score (nSPS) is 10.1. The second-order valence-electron chi connectivity index (χ2n) is 7.97. The van der Waals surface area contributed by atoms with E-state index in [1.807, 2.05) is 0 Å². The summed E-state index contributed by atoms with van der Waals surface area (Å²) < 4.78 is 2.31. The highest BCUT2D eigenvalue weighted by Crippen LogP contribution is 2.12. The summed E-state index contributed by atoms with van der Waals surface area (Å²) in [5.41, 5.74) is 1.35. The summed E-state index contributed by atoms with van der Waals surface area (Å²) >= 11 is 0. The van der Waals surface area contributed by atoms with E-state index in [1.54, 1.807) is 18.7 Å². The first kappa shape index (κ1) is 28.1. The number of pyridine rings is 1. The molecule has 4 heteroatoms. The van der Waals surface area contributed by atoms with Crippen LogP contribution in [-0.4, -0.2) is 9.97 Å². The number of aromatic amines is 1. The molecule has 2 heterocycles. The van der Waals surface area contributed by atoms with Crippen LogP contribution in [-0.2, 0) is 6.54 Å². The Morgan fingerprint density at radius 3 is 1.62 bits per heavy atom. The van der Waals surface area contributed by atoms with Gasteiger partial charge in [0.15, 0.2) is 12.4 Å². The maximum atomic E-state index is 3.67. The van der Waals surface area contributed by atoms with Crippen molar-refractivity contribution < 1.29 is 28.5 Å². The molecule has 0 unspecified atom stereocenters. The van der Waals surface area contributed by atoms with E-state index in [1.165, 1.54) is 102 Å². The van der Waals surface area contributed by atoms with Crippen LogP contribution in [0.15, 0.2) is 43.2 Å². The van der Waals surface area contributed by atoms with E-state index < -0.39 is 0 Å². The first-order chi connectivity index (χ1) is 13.8. The van der Waals surface area contributed by atoms with Gasteiger partial charge in [-0.1, -0.05) is 84.0 Å². The topological polar surface area (TPSA) is 32.6 Å². The Kier molecular flexibility index (Phi) is 21.1. The van der Waals surface area contributed by atoms with Crippen LogP contribution in [0.4, 0.5) is 0 Å². The molecule has 0 fully saturated rings. The molecular formula is C25H44IN3. The van der Waals surface area contributed by atoms with Crippen molar-refractivity contribution >= 4 is 0 Å². The Hall–Kier alpha value is -0.910. The third kappa shape index (κ3) is 18.8. The van der Waals surface area contributed by atoms with Gasteiger partial charge < -0.3 is 29.0 Å². The minimum atomic E-state index is 0. The summed E-state index contributed by atoms with van der Waals surface area (Å²) in [6.07, 6.45) is 29.6. The number of halogens is 1. The largest absolute Gasteiger partial charge is 1.00 e. The second-order valence-corrected chi connectivity index (χ2v) is 7.97. The highest BCUT2D eigenvalue weighted by molar-refractivity contribution is 5.03. The lowest BCUT2D eigenvalue weighted by atomic mass is 10.0. The highest BCUT2D eigenvalue weighted by atomic mass is 127. The molecule has 0 amide bonds. The molecular weight excluding hydrogens is 469 g/mol. The van der Waals surface area contributed by atoms with Gasteiger partial charge >= 0.3 is 0 Å². The molecule has 0 aliphatic carbocycles. The van der Waals surface area contributed by atoms with Crippen LogP contribution in [0, 0.1) is 6.92 Å². The maximum Gasteiger partial charge on any atom is 0.169 e. The van der Waals surface area contributed by atoms with Gasteiger partial charge in [0.2, 0.25) is 0 Å². The van der Waals surface area contributed by atoms with E-state index >= 15 is 0 Å². The average molecular weight is 514 g/mol. The van der Waals surface area contributed by atoms with Gasteiger partial charge in [-0.25, -0.2) is 9.55 Å². The first-order valence-electron chi connectivity index (χ1n) is 11.7. The van der Waals surface area contributed by atoms with Crippen LogP contribution in [0.1, 0.15) is 102 Å². The van der Waals surface area contributed by atoms with Crippen LogP contribution >= 0.6 is 0 Å². The summed E-state index contributed by atoms with van der Waals surface area (Å²) in [5, 5.41) is 0. The smallest absolute Gasteiger partial charge is 0.169 e. The Labute approximate surface area is 197 Å². The van der Waals surface area contributed by atoms with Crippen LogP contribution < -0.4 is 28.5 Å². The lowest BCUT2D eigenvalue weighted by molar-refractivity contribution is -0.697. The third-order valence-corrected chi connectivity index (χ3v) is 5.23. The molecule has 2 rings (SSSR count). The van der Waals surface area contributed by atoms with Gasteiger partial charge in [-0.3, -0.25) is 0 Å². The number of nitrogens with zero attached hydrogens (tertiary/aromatic N) is 2. The van der Waals surface area contributed by atoms with Gasteiger partial charge in [0, 0.05) is 30.9 Å². The van der Waals surface area contributed by atoms with Crippen LogP contribution in [0.5, 0.6) is 0 Å². The van der Waals surface area contributed by atoms with Gasteiger partial charge in [-0.15, -0.1) is 0 Å². The zero-order chi connectivity index (χ0) is 20.1. The molecule has 1 N–H and O–H groups in total. The standard InChI is InChI=1S/C22H40N.C3H4N2.HI/c1-3-4-5-6-7-8-9-10-11-12-13-14-15-16-19-23-20-17-22(2)18-21-23;1-2-5-3-4-1;/h17-18,20-21H,3-16,19H2,1-2H3;1-3H,(H,4,5);1H/q+1;;/p-1. The SMILES string of the molecule is CCCCCCCCCCCCCCCC[n+]1ccc(C)cc1.[I-].c1c[nH]cn1. The number of rotatable bonds is 15. The van der Waals surface area contributed by atoms with Gasteiger partial charge in [0.05, 0.1) is 6.33 Å². The Bertz CT molecular complexity index is 508. The predicted octanol–water partition coefficient (Wildman–Crippen LogP) is 4.18. The average Bonchev–Trinajstić information content (AvgIpc) is 3.30. The molecule has 3 nitrogen and oxygen atoms in total. The van der Waals surface area contributed by atoms with Crippen LogP contribution in [0.25, 0.3) is 0 Å². The van der Waals surface area contributed by atoms with Crippen LogP contribution in [0.3, 0.4) is 0 Å². The number of aromatic nitrogens is 3. The molecule has 0 spiro atoms.